The van der Waals surface area contributed by atoms with E-state index in [1.807, 2.05) is 14.1 Å². The first-order valence-corrected chi connectivity index (χ1v) is 7.11. The summed E-state index contributed by atoms with van der Waals surface area (Å²) in [6.45, 7) is 5.17. The second-order valence-corrected chi connectivity index (χ2v) is 5.14. The summed E-state index contributed by atoms with van der Waals surface area (Å²) in [6.07, 6.45) is 2.96. The summed E-state index contributed by atoms with van der Waals surface area (Å²) in [5, 5.41) is 5.72. The maximum atomic E-state index is 11.4. The van der Waals surface area contributed by atoms with Crippen LogP contribution in [0.15, 0.2) is 0 Å². The zero-order valence-electron chi connectivity index (χ0n) is 12.7. The zero-order chi connectivity index (χ0) is 14.5. The highest BCUT2D eigenvalue weighted by Gasteiger charge is 2.00. The average Bonchev–Trinajstić information content (AvgIpc) is 2.37. The number of carbonyl (C=O) groups excluding carboxylic acids is 1. The predicted molar refractivity (Wildman–Crippen MR) is 80.4 cm³/mol. The Labute approximate surface area is 117 Å². The maximum Gasteiger partial charge on any atom is 0.314 e. The first kappa shape index (κ1) is 18.1. The van der Waals surface area contributed by atoms with Gasteiger partial charge in [-0.1, -0.05) is 0 Å². The molecular weight excluding hydrogens is 242 g/mol. The summed E-state index contributed by atoms with van der Waals surface area (Å²) in [7, 11) is 6.14. The van der Waals surface area contributed by atoms with Crippen LogP contribution >= 0.6 is 0 Å². The molecule has 0 aromatic heterocycles. The quantitative estimate of drug-likeness (QED) is 0.460. The third-order valence-corrected chi connectivity index (χ3v) is 2.81. The molecule has 0 atom stereocenters. The van der Waals surface area contributed by atoms with Gasteiger partial charge in [0.05, 0.1) is 0 Å². The highest BCUT2D eigenvalue weighted by molar-refractivity contribution is 5.73. The molecule has 6 nitrogen and oxygen atoms in total. The molecule has 0 bridgehead atoms. The van der Waals surface area contributed by atoms with Crippen LogP contribution in [-0.4, -0.2) is 76.2 Å². The lowest BCUT2D eigenvalue weighted by Gasteiger charge is -2.16. The lowest BCUT2D eigenvalue weighted by Crippen LogP contribution is -2.38. The summed E-state index contributed by atoms with van der Waals surface area (Å²) in [4.78, 5) is 15.8. The molecule has 0 fully saturated rings. The Hall–Kier alpha value is -0.850. The third kappa shape index (κ3) is 13.4. The molecule has 0 heterocycles. The minimum Gasteiger partial charge on any atom is -0.338 e. The summed E-state index contributed by atoms with van der Waals surface area (Å²) in [5.41, 5.74) is 5.45. The van der Waals surface area contributed by atoms with E-state index in [1.54, 1.807) is 0 Å². The molecule has 0 rings (SSSR count). The Morgan fingerprint density at radius 3 is 2.00 bits per heavy atom. The smallest absolute Gasteiger partial charge is 0.314 e. The van der Waals surface area contributed by atoms with Gasteiger partial charge in [-0.2, -0.15) is 0 Å². The normalized spacial score (nSPS) is 11.1. The van der Waals surface area contributed by atoms with E-state index in [4.69, 9.17) is 5.73 Å². The van der Waals surface area contributed by atoms with Crippen LogP contribution in [0.1, 0.15) is 19.3 Å². The lowest BCUT2D eigenvalue weighted by molar-refractivity contribution is 0.239. The van der Waals surface area contributed by atoms with Crippen LogP contribution in [0, 0.1) is 0 Å². The number of carbonyl (C=O) groups is 1. The van der Waals surface area contributed by atoms with Gasteiger partial charge in [-0.15, -0.1) is 0 Å². The highest BCUT2D eigenvalue weighted by Crippen LogP contribution is 1.88. The van der Waals surface area contributed by atoms with E-state index in [1.165, 1.54) is 0 Å². The number of rotatable bonds is 11. The molecule has 0 spiro atoms. The number of nitrogens with zero attached hydrogens (tertiary/aromatic N) is 2. The van der Waals surface area contributed by atoms with Crippen LogP contribution < -0.4 is 16.4 Å². The fourth-order valence-corrected chi connectivity index (χ4v) is 1.68. The van der Waals surface area contributed by atoms with Crippen LogP contribution in [0.4, 0.5) is 4.79 Å². The van der Waals surface area contributed by atoms with Crippen molar-refractivity contribution in [3.63, 3.8) is 0 Å². The van der Waals surface area contributed by atoms with E-state index in [-0.39, 0.29) is 6.03 Å². The third-order valence-electron chi connectivity index (χ3n) is 2.81. The van der Waals surface area contributed by atoms with Gasteiger partial charge in [0.25, 0.3) is 0 Å². The summed E-state index contributed by atoms with van der Waals surface area (Å²) >= 11 is 0. The Kier molecular flexibility index (Phi) is 11.7. The van der Waals surface area contributed by atoms with E-state index >= 15 is 0 Å². The second kappa shape index (κ2) is 12.2. The summed E-state index contributed by atoms with van der Waals surface area (Å²) < 4.78 is 0. The highest BCUT2D eigenvalue weighted by atomic mass is 16.2. The number of urea groups is 1. The standard InChI is InChI=1S/C13H31N5O/c1-17(2)10-5-8-15-13(19)16-9-6-12-18(3)11-4-7-14/h4-12,14H2,1-3H3,(H2,15,16,19). The number of amides is 2. The minimum atomic E-state index is -0.0663. The van der Waals surface area contributed by atoms with Gasteiger partial charge in [0.15, 0.2) is 0 Å². The van der Waals surface area contributed by atoms with Crippen molar-refractivity contribution in [2.45, 2.75) is 19.3 Å². The van der Waals surface area contributed by atoms with Gasteiger partial charge in [-0.05, 0) is 66.6 Å². The van der Waals surface area contributed by atoms with E-state index in [0.717, 1.165) is 52.0 Å². The fraction of sp³-hybridized carbons (Fsp3) is 0.923. The SMILES string of the molecule is CN(C)CCCNC(=O)NCCCN(C)CCCN. The van der Waals surface area contributed by atoms with Crippen molar-refractivity contribution in [2.75, 3.05) is 60.4 Å². The largest absolute Gasteiger partial charge is 0.338 e. The maximum absolute atomic E-state index is 11.4. The molecule has 0 saturated heterocycles. The molecule has 19 heavy (non-hydrogen) atoms. The minimum absolute atomic E-state index is 0.0663. The Bertz CT molecular complexity index is 223. The van der Waals surface area contributed by atoms with Crippen LogP contribution in [0.5, 0.6) is 0 Å². The van der Waals surface area contributed by atoms with Gasteiger partial charge in [-0.3, -0.25) is 0 Å². The molecule has 0 aliphatic heterocycles. The topological polar surface area (TPSA) is 73.6 Å². The van der Waals surface area contributed by atoms with Crippen molar-refractivity contribution in [1.29, 1.82) is 0 Å². The molecule has 0 unspecified atom stereocenters. The lowest BCUT2D eigenvalue weighted by atomic mass is 10.3. The van der Waals surface area contributed by atoms with Gasteiger partial charge in [0.2, 0.25) is 0 Å². The van der Waals surface area contributed by atoms with Crippen molar-refractivity contribution >= 4 is 6.03 Å². The van der Waals surface area contributed by atoms with E-state index in [0.29, 0.717) is 6.54 Å². The number of nitrogens with two attached hydrogens (primary N) is 1. The Morgan fingerprint density at radius 2 is 1.47 bits per heavy atom. The summed E-state index contributed by atoms with van der Waals surface area (Å²) in [6, 6.07) is -0.0663. The van der Waals surface area contributed by atoms with Crippen molar-refractivity contribution in [3.8, 4) is 0 Å². The van der Waals surface area contributed by atoms with Crippen LogP contribution in [-0.2, 0) is 0 Å². The van der Waals surface area contributed by atoms with E-state index in [2.05, 4.69) is 27.5 Å². The Balaban J connectivity index is 3.33. The molecule has 0 aliphatic carbocycles. The van der Waals surface area contributed by atoms with Gasteiger partial charge >= 0.3 is 6.03 Å². The molecule has 0 radical (unpaired) electrons. The van der Waals surface area contributed by atoms with Gasteiger partial charge in [0.1, 0.15) is 0 Å². The molecule has 0 aliphatic rings. The number of nitrogens with one attached hydrogen (secondary N) is 2. The van der Waals surface area contributed by atoms with Crippen LogP contribution in [0.25, 0.3) is 0 Å². The van der Waals surface area contributed by atoms with Gasteiger partial charge in [0, 0.05) is 13.1 Å². The van der Waals surface area contributed by atoms with Crippen LogP contribution in [0.2, 0.25) is 0 Å². The second-order valence-electron chi connectivity index (χ2n) is 5.14. The monoisotopic (exact) mass is 273 g/mol. The molecular formula is C13H31N5O. The molecule has 0 aromatic carbocycles. The van der Waals surface area contributed by atoms with Crippen molar-refractivity contribution in [3.05, 3.63) is 0 Å². The average molecular weight is 273 g/mol. The molecule has 4 N–H and O–H groups in total. The molecule has 114 valence electrons. The first-order chi connectivity index (χ1) is 9.06. The van der Waals surface area contributed by atoms with Gasteiger partial charge < -0.3 is 26.2 Å². The zero-order valence-corrected chi connectivity index (χ0v) is 12.7. The predicted octanol–water partition coefficient (Wildman–Crippen LogP) is -0.0920. The van der Waals surface area contributed by atoms with Crippen LogP contribution in [0.3, 0.4) is 0 Å². The van der Waals surface area contributed by atoms with Crippen molar-refractivity contribution < 1.29 is 4.79 Å². The van der Waals surface area contributed by atoms with Crippen molar-refractivity contribution in [1.82, 2.24) is 20.4 Å². The van der Waals surface area contributed by atoms with E-state index in [9.17, 15) is 4.79 Å². The molecule has 0 aromatic rings. The van der Waals surface area contributed by atoms with Crippen molar-refractivity contribution in [2.24, 2.45) is 5.73 Å². The van der Waals surface area contributed by atoms with Gasteiger partial charge in [-0.25, -0.2) is 4.79 Å². The first-order valence-electron chi connectivity index (χ1n) is 7.11. The molecule has 2 amide bonds. The molecule has 0 saturated carbocycles. The fourth-order valence-electron chi connectivity index (χ4n) is 1.68. The Morgan fingerprint density at radius 1 is 0.947 bits per heavy atom. The molecule has 6 heteroatoms. The summed E-state index contributed by atoms with van der Waals surface area (Å²) in [5.74, 6) is 0. The number of hydrogen-bond donors (Lipinski definition) is 3. The van der Waals surface area contributed by atoms with E-state index < -0.39 is 0 Å². The number of hydrogen-bond acceptors (Lipinski definition) is 4.